The zero-order valence-electron chi connectivity index (χ0n) is 12.2. The van der Waals surface area contributed by atoms with Gasteiger partial charge in [0.1, 0.15) is 0 Å². The van der Waals surface area contributed by atoms with Crippen LogP contribution in [0.25, 0.3) is 0 Å². The molecule has 3 nitrogen and oxygen atoms in total. The third-order valence-corrected chi connectivity index (χ3v) is 4.78. The third kappa shape index (κ3) is 2.88. The summed E-state index contributed by atoms with van der Waals surface area (Å²) in [6.07, 6.45) is 6.80. The summed E-state index contributed by atoms with van der Waals surface area (Å²) in [6, 6.07) is 8.31. The molecule has 1 amide bonds. The van der Waals surface area contributed by atoms with Gasteiger partial charge in [-0.15, -0.1) is 0 Å². The van der Waals surface area contributed by atoms with Crippen LogP contribution in [0.3, 0.4) is 0 Å². The minimum absolute atomic E-state index is 0.00792. The summed E-state index contributed by atoms with van der Waals surface area (Å²) in [4.78, 5) is 12.5. The van der Waals surface area contributed by atoms with Crippen LogP contribution < -0.4 is 10.6 Å². The molecule has 1 aromatic carbocycles. The molecule has 2 N–H and O–H groups in total. The molecule has 0 spiro atoms. The van der Waals surface area contributed by atoms with Crippen molar-refractivity contribution in [2.45, 2.75) is 63.6 Å². The van der Waals surface area contributed by atoms with Crippen molar-refractivity contribution < 1.29 is 4.79 Å². The molecule has 108 valence electrons. The lowest BCUT2D eigenvalue weighted by atomic mass is 9.83. The molecule has 1 aliphatic carbocycles. The van der Waals surface area contributed by atoms with Crippen LogP contribution in [0.1, 0.15) is 50.2 Å². The highest BCUT2D eigenvalue weighted by Gasteiger charge is 2.32. The molecular weight excluding hydrogens is 248 g/mol. The molecular formula is C17H24N2O. The lowest BCUT2D eigenvalue weighted by Gasteiger charge is -2.36. The molecule has 2 aliphatic rings. The van der Waals surface area contributed by atoms with Gasteiger partial charge in [0, 0.05) is 12.1 Å². The molecule has 20 heavy (non-hydrogen) atoms. The molecule has 1 unspecified atom stereocenters. The van der Waals surface area contributed by atoms with E-state index in [0.29, 0.717) is 0 Å². The predicted molar refractivity (Wildman–Crippen MR) is 80.4 cm³/mol. The smallest absolute Gasteiger partial charge is 0.237 e. The van der Waals surface area contributed by atoms with Gasteiger partial charge in [0.2, 0.25) is 5.91 Å². The lowest BCUT2D eigenvalue weighted by Crippen LogP contribution is -2.55. The van der Waals surface area contributed by atoms with Crippen LogP contribution in [0.15, 0.2) is 24.3 Å². The molecule has 0 aromatic heterocycles. The number of benzene rings is 1. The average molecular weight is 272 g/mol. The Morgan fingerprint density at radius 1 is 1.20 bits per heavy atom. The summed E-state index contributed by atoms with van der Waals surface area (Å²) in [5.74, 6) is 0.170. The Morgan fingerprint density at radius 2 is 1.90 bits per heavy atom. The Hall–Kier alpha value is -1.35. The fourth-order valence-electron chi connectivity index (χ4n) is 3.48. The standard InChI is InChI=1S/C17H24N2O/c1-17(9-5-2-6-10-17)19-16(20)15-11-13-7-3-4-8-14(13)12-18-15/h3-4,7-8,15,18H,2,5-6,9-12H2,1H3,(H,19,20). The maximum atomic E-state index is 12.5. The second kappa shape index (κ2) is 5.57. The molecule has 1 aliphatic heterocycles. The van der Waals surface area contributed by atoms with Crippen LogP contribution in [0.5, 0.6) is 0 Å². The molecule has 0 bridgehead atoms. The van der Waals surface area contributed by atoms with Crippen molar-refractivity contribution in [2.24, 2.45) is 0 Å². The van der Waals surface area contributed by atoms with Gasteiger partial charge in [-0.25, -0.2) is 0 Å². The first-order valence-electron chi connectivity index (χ1n) is 7.78. The fraction of sp³-hybridized carbons (Fsp3) is 0.588. The molecule has 3 rings (SSSR count). The number of hydrogen-bond acceptors (Lipinski definition) is 2. The van der Waals surface area contributed by atoms with E-state index in [1.807, 2.05) is 0 Å². The topological polar surface area (TPSA) is 41.1 Å². The van der Waals surface area contributed by atoms with Crippen molar-refractivity contribution in [2.75, 3.05) is 0 Å². The zero-order valence-corrected chi connectivity index (χ0v) is 12.2. The Kier molecular flexibility index (Phi) is 3.79. The molecule has 1 atom stereocenters. The monoisotopic (exact) mass is 272 g/mol. The van der Waals surface area contributed by atoms with E-state index in [0.717, 1.165) is 25.8 Å². The lowest BCUT2D eigenvalue weighted by molar-refractivity contribution is -0.125. The molecule has 1 heterocycles. The highest BCUT2D eigenvalue weighted by molar-refractivity contribution is 5.83. The average Bonchev–Trinajstić information content (AvgIpc) is 2.47. The van der Waals surface area contributed by atoms with Crippen molar-refractivity contribution in [1.82, 2.24) is 10.6 Å². The highest BCUT2D eigenvalue weighted by Crippen LogP contribution is 2.28. The van der Waals surface area contributed by atoms with Crippen LogP contribution >= 0.6 is 0 Å². The van der Waals surface area contributed by atoms with Gasteiger partial charge in [-0.3, -0.25) is 4.79 Å². The van der Waals surface area contributed by atoms with Crippen LogP contribution in [-0.4, -0.2) is 17.5 Å². The molecule has 3 heteroatoms. The van der Waals surface area contributed by atoms with Gasteiger partial charge in [0.05, 0.1) is 6.04 Å². The van der Waals surface area contributed by atoms with Crippen LogP contribution in [-0.2, 0) is 17.8 Å². The number of carbonyl (C=O) groups excluding carboxylic acids is 1. The van der Waals surface area contributed by atoms with Crippen LogP contribution in [0.4, 0.5) is 0 Å². The summed E-state index contributed by atoms with van der Waals surface area (Å²) < 4.78 is 0. The fourth-order valence-corrected chi connectivity index (χ4v) is 3.48. The van der Waals surface area contributed by atoms with Gasteiger partial charge < -0.3 is 10.6 Å². The van der Waals surface area contributed by atoms with Crippen LogP contribution in [0, 0.1) is 0 Å². The maximum absolute atomic E-state index is 12.5. The van der Waals surface area contributed by atoms with E-state index in [4.69, 9.17) is 0 Å². The first-order chi connectivity index (χ1) is 9.66. The summed E-state index contributed by atoms with van der Waals surface area (Å²) in [7, 11) is 0. The number of hydrogen-bond donors (Lipinski definition) is 2. The first-order valence-corrected chi connectivity index (χ1v) is 7.78. The number of fused-ring (bicyclic) bond motifs is 1. The van der Waals surface area contributed by atoms with E-state index in [2.05, 4.69) is 41.8 Å². The van der Waals surface area contributed by atoms with E-state index < -0.39 is 0 Å². The largest absolute Gasteiger partial charge is 0.350 e. The molecule has 1 aromatic rings. The molecule has 1 saturated carbocycles. The van der Waals surface area contributed by atoms with Crippen molar-refractivity contribution in [3.63, 3.8) is 0 Å². The van der Waals surface area contributed by atoms with E-state index in [9.17, 15) is 4.79 Å². The van der Waals surface area contributed by atoms with Crippen molar-refractivity contribution >= 4 is 5.91 Å². The third-order valence-electron chi connectivity index (χ3n) is 4.78. The van der Waals surface area contributed by atoms with E-state index >= 15 is 0 Å². The normalized spacial score (nSPS) is 24.8. The van der Waals surface area contributed by atoms with Gasteiger partial charge in [-0.1, -0.05) is 43.5 Å². The number of carbonyl (C=O) groups is 1. The van der Waals surface area contributed by atoms with E-state index in [-0.39, 0.29) is 17.5 Å². The van der Waals surface area contributed by atoms with Gasteiger partial charge >= 0.3 is 0 Å². The number of rotatable bonds is 2. The summed E-state index contributed by atoms with van der Waals surface area (Å²) in [6.45, 7) is 2.99. The van der Waals surface area contributed by atoms with E-state index in [1.54, 1.807) is 0 Å². The summed E-state index contributed by atoms with van der Waals surface area (Å²) >= 11 is 0. The van der Waals surface area contributed by atoms with Crippen molar-refractivity contribution in [3.05, 3.63) is 35.4 Å². The van der Waals surface area contributed by atoms with E-state index in [1.165, 1.54) is 30.4 Å². The van der Waals surface area contributed by atoms with Crippen molar-refractivity contribution in [1.29, 1.82) is 0 Å². The molecule has 0 radical (unpaired) electrons. The molecule has 1 fully saturated rings. The second-order valence-electron chi connectivity index (χ2n) is 6.52. The number of nitrogens with one attached hydrogen (secondary N) is 2. The Bertz CT molecular complexity index is 492. The van der Waals surface area contributed by atoms with Gasteiger partial charge in [0.15, 0.2) is 0 Å². The SMILES string of the molecule is CC1(NC(=O)C2Cc3ccccc3CN2)CCCCC1. The Morgan fingerprint density at radius 3 is 2.65 bits per heavy atom. The van der Waals surface area contributed by atoms with Gasteiger partial charge in [-0.05, 0) is 37.3 Å². The second-order valence-corrected chi connectivity index (χ2v) is 6.52. The summed E-state index contributed by atoms with van der Waals surface area (Å²) in [5.41, 5.74) is 2.63. The number of amides is 1. The first kappa shape index (κ1) is 13.6. The Balaban J connectivity index is 1.64. The Labute approximate surface area is 121 Å². The minimum atomic E-state index is -0.0800. The summed E-state index contributed by atoms with van der Waals surface area (Å²) in [5, 5.41) is 6.66. The maximum Gasteiger partial charge on any atom is 0.237 e. The van der Waals surface area contributed by atoms with Crippen molar-refractivity contribution in [3.8, 4) is 0 Å². The quantitative estimate of drug-likeness (QED) is 0.868. The zero-order chi connectivity index (χ0) is 14.0. The molecule has 0 saturated heterocycles. The van der Waals surface area contributed by atoms with Gasteiger partial charge in [0.25, 0.3) is 0 Å². The van der Waals surface area contributed by atoms with Crippen LogP contribution in [0.2, 0.25) is 0 Å². The highest BCUT2D eigenvalue weighted by atomic mass is 16.2. The van der Waals surface area contributed by atoms with Gasteiger partial charge in [-0.2, -0.15) is 0 Å². The minimum Gasteiger partial charge on any atom is -0.350 e. The predicted octanol–water partition coefficient (Wildman–Crippen LogP) is 2.54.